The summed E-state index contributed by atoms with van der Waals surface area (Å²) >= 11 is 0. The molecule has 0 spiro atoms. The average molecular weight is 464 g/mol. The van der Waals surface area contributed by atoms with E-state index in [2.05, 4.69) is 5.32 Å². The molecular weight excluding hydrogens is 440 g/mol. The zero-order valence-electron chi connectivity index (χ0n) is 18.3. The number of aromatic hydroxyl groups is 1. The summed E-state index contributed by atoms with van der Waals surface area (Å²) < 4.78 is 11.4. The van der Waals surface area contributed by atoms with Crippen LogP contribution < -0.4 is 10.8 Å². The maximum Gasteiger partial charge on any atom is 0.414 e. The van der Waals surface area contributed by atoms with Gasteiger partial charge in [-0.25, -0.2) is 10.3 Å². The van der Waals surface area contributed by atoms with Gasteiger partial charge in [0.05, 0.1) is 0 Å². The van der Waals surface area contributed by atoms with Crippen LogP contribution in [0.1, 0.15) is 28.9 Å². The molecule has 0 unspecified atom stereocenters. The number of amides is 3. The van der Waals surface area contributed by atoms with Crippen molar-refractivity contribution in [3.8, 4) is 5.75 Å². The van der Waals surface area contributed by atoms with Crippen LogP contribution in [0.3, 0.4) is 0 Å². The number of carbonyl (C=O) groups excluding carboxylic acids is 3. The SMILES string of the molecule is CCO[C@@H](/C=C/C(=O)NO)[C@@H](OC(=O)NC(=O)c1ccccc1)c1ccc(O)c2ccccc12. The molecule has 0 fully saturated rings. The van der Waals surface area contributed by atoms with Gasteiger partial charge in [0.1, 0.15) is 11.9 Å². The van der Waals surface area contributed by atoms with Crippen molar-refractivity contribution in [2.45, 2.75) is 19.1 Å². The minimum absolute atomic E-state index is 0.0324. The Hall–Kier alpha value is -4.21. The number of hydrogen-bond donors (Lipinski definition) is 4. The fourth-order valence-electron chi connectivity index (χ4n) is 3.42. The van der Waals surface area contributed by atoms with E-state index in [0.29, 0.717) is 16.3 Å². The van der Waals surface area contributed by atoms with E-state index in [4.69, 9.17) is 14.7 Å². The topological polar surface area (TPSA) is 134 Å². The summed E-state index contributed by atoms with van der Waals surface area (Å²) in [7, 11) is 0. The fraction of sp³-hybridized carbons (Fsp3) is 0.160. The molecule has 0 heterocycles. The van der Waals surface area contributed by atoms with Crippen LogP contribution in [0.25, 0.3) is 10.8 Å². The molecule has 3 rings (SSSR count). The number of imide groups is 1. The van der Waals surface area contributed by atoms with Gasteiger partial charge in [0, 0.05) is 29.2 Å². The van der Waals surface area contributed by atoms with E-state index in [1.807, 2.05) is 0 Å². The summed E-state index contributed by atoms with van der Waals surface area (Å²) in [5.41, 5.74) is 2.23. The largest absolute Gasteiger partial charge is 0.507 e. The lowest BCUT2D eigenvalue weighted by Gasteiger charge is -2.26. The van der Waals surface area contributed by atoms with Crippen molar-refractivity contribution in [3.63, 3.8) is 0 Å². The van der Waals surface area contributed by atoms with Crippen molar-refractivity contribution < 1.29 is 34.2 Å². The number of benzene rings is 3. The van der Waals surface area contributed by atoms with E-state index in [1.54, 1.807) is 67.6 Å². The van der Waals surface area contributed by atoms with Gasteiger partial charge in [-0.15, -0.1) is 0 Å². The number of hydroxylamine groups is 1. The lowest BCUT2D eigenvalue weighted by atomic mass is 9.96. The Morgan fingerprint density at radius 3 is 2.32 bits per heavy atom. The van der Waals surface area contributed by atoms with Gasteiger partial charge in [-0.1, -0.05) is 48.5 Å². The number of carbonyl (C=O) groups is 3. The Balaban J connectivity index is 1.99. The highest BCUT2D eigenvalue weighted by atomic mass is 16.6. The van der Waals surface area contributed by atoms with Gasteiger partial charge in [-0.3, -0.25) is 20.1 Å². The first-order valence-electron chi connectivity index (χ1n) is 10.5. The monoisotopic (exact) mass is 464 g/mol. The molecule has 0 saturated carbocycles. The summed E-state index contributed by atoms with van der Waals surface area (Å²) in [5, 5.41) is 22.3. The normalized spacial score (nSPS) is 12.8. The third kappa shape index (κ3) is 5.97. The van der Waals surface area contributed by atoms with Gasteiger partial charge in [-0.05, 0) is 36.6 Å². The first-order valence-corrected chi connectivity index (χ1v) is 10.5. The maximum atomic E-state index is 12.7. The van der Waals surface area contributed by atoms with Gasteiger partial charge in [0.2, 0.25) is 0 Å². The molecule has 0 radical (unpaired) electrons. The summed E-state index contributed by atoms with van der Waals surface area (Å²) in [4.78, 5) is 36.7. The highest BCUT2D eigenvalue weighted by Gasteiger charge is 2.29. The molecule has 3 aromatic carbocycles. The number of ether oxygens (including phenoxy) is 2. The van der Waals surface area contributed by atoms with Crippen molar-refractivity contribution >= 4 is 28.7 Å². The Morgan fingerprint density at radius 2 is 1.65 bits per heavy atom. The van der Waals surface area contributed by atoms with Crippen LogP contribution in [0.15, 0.2) is 78.9 Å². The second-order valence-electron chi connectivity index (χ2n) is 7.12. The number of alkyl carbamates (subject to hydrolysis) is 1. The average Bonchev–Trinajstić information content (AvgIpc) is 2.86. The van der Waals surface area contributed by atoms with E-state index in [0.717, 1.165) is 6.08 Å². The van der Waals surface area contributed by atoms with E-state index in [9.17, 15) is 19.5 Å². The van der Waals surface area contributed by atoms with Crippen LogP contribution in [0.4, 0.5) is 4.79 Å². The molecule has 0 bridgehead atoms. The molecule has 0 aliphatic carbocycles. The highest BCUT2D eigenvalue weighted by Crippen LogP contribution is 2.35. The predicted molar refractivity (Wildman–Crippen MR) is 123 cm³/mol. The van der Waals surface area contributed by atoms with Crippen LogP contribution in [0.2, 0.25) is 0 Å². The van der Waals surface area contributed by atoms with Crippen molar-refractivity contribution in [3.05, 3.63) is 90.0 Å². The second kappa shape index (κ2) is 11.6. The van der Waals surface area contributed by atoms with Crippen LogP contribution in [0, 0.1) is 0 Å². The third-order valence-corrected chi connectivity index (χ3v) is 4.93. The molecule has 3 amide bonds. The molecule has 9 nitrogen and oxygen atoms in total. The molecule has 0 aliphatic rings. The van der Waals surface area contributed by atoms with E-state index in [-0.39, 0.29) is 17.9 Å². The Bertz CT molecular complexity index is 1190. The van der Waals surface area contributed by atoms with Gasteiger partial charge >= 0.3 is 6.09 Å². The first kappa shape index (κ1) is 24.4. The number of phenolic OH excluding ortho intramolecular Hbond substituents is 1. The molecule has 2 atom stereocenters. The predicted octanol–water partition coefficient (Wildman–Crippen LogP) is 3.62. The minimum atomic E-state index is -1.11. The Kier molecular flexibility index (Phi) is 8.33. The molecule has 9 heteroatoms. The van der Waals surface area contributed by atoms with Crippen LogP contribution in [0.5, 0.6) is 5.75 Å². The highest BCUT2D eigenvalue weighted by molar-refractivity contribution is 6.03. The zero-order chi connectivity index (χ0) is 24.5. The molecule has 0 saturated heterocycles. The number of hydrogen-bond acceptors (Lipinski definition) is 7. The van der Waals surface area contributed by atoms with E-state index in [1.165, 1.54) is 17.6 Å². The molecule has 4 N–H and O–H groups in total. The third-order valence-electron chi connectivity index (χ3n) is 4.93. The first-order chi connectivity index (χ1) is 16.4. The van der Waals surface area contributed by atoms with Gasteiger partial charge < -0.3 is 14.6 Å². The lowest BCUT2D eigenvalue weighted by Crippen LogP contribution is -2.35. The van der Waals surface area contributed by atoms with Gasteiger partial charge in [-0.2, -0.15) is 0 Å². The van der Waals surface area contributed by atoms with E-state index >= 15 is 0 Å². The Labute approximate surface area is 195 Å². The summed E-state index contributed by atoms with van der Waals surface area (Å²) in [6, 6.07) is 18.1. The van der Waals surface area contributed by atoms with Crippen molar-refractivity contribution in [2.24, 2.45) is 0 Å². The Morgan fingerprint density at radius 1 is 0.971 bits per heavy atom. The quantitative estimate of drug-likeness (QED) is 0.227. The summed E-state index contributed by atoms with van der Waals surface area (Å²) in [6.45, 7) is 1.92. The number of phenols is 1. The summed E-state index contributed by atoms with van der Waals surface area (Å²) in [5.74, 6) is -1.42. The van der Waals surface area contributed by atoms with Crippen LogP contribution >= 0.6 is 0 Å². The lowest BCUT2D eigenvalue weighted by molar-refractivity contribution is -0.124. The second-order valence-corrected chi connectivity index (χ2v) is 7.12. The van der Waals surface area contributed by atoms with Crippen molar-refractivity contribution in [1.29, 1.82) is 0 Å². The van der Waals surface area contributed by atoms with Crippen LogP contribution in [-0.4, -0.2) is 40.9 Å². The smallest absolute Gasteiger partial charge is 0.414 e. The zero-order valence-corrected chi connectivity index (χ0v) is 18.3. The number of nitrogens with one attached hydrogen (secondary N) is 2. The standard InChI is InChI=1S/C25H24N2O7/c1-2-33-21(14-15-22(29)27-32)23(19-12-13-20(28)18-11-7-6-10-17(18)19)34-25(31)26-24(30)16-8-4-3-5-9-16/h3-15,21,23,28,32H,2H2,1H3,(H,27,29)(H,26,30,31)/b15-14+/t21-,23-/m0/s1. The van der Waals surface area contributed by atoms with Gasteiger partial charge in [0.15, 0.2) is 6.10 Å². The molecule has 3 aromatic rings. The van der Waals surface area contributed by atoms with E-state index < -0.39 is 30.1 Å². The van der Waals surface area contributed by atoms with Crippen molar-refractivity contribution in [1.82, 2.24) is 10.8 Å². The molecule has 34 heavy (non-hydrogen) atoms. The number of fused-ring (bicyclic) bond motifs is 1. The maximum absolute atomic E-state index is 12.7. The molecular formula is C25H24N2O7. The van der Waals surface area contributed by atoms with Crippen molar-refractivity contribution in [2.75, 3.05) is 6.61 Å². The molecule has 0 aliphatic heterocycles. The van der Waals surface area contributed by atoms with Crippen LogP contribution in [-0.2, 0) is 14.3 Å². The molecule has 0 aromatic heterocycles. The number of rotatable bonds is 8. The summed E-state index contributed by atoms with van der Waals surface area (Å²) in [6.07, 6.45) is -0.745. The minimum Gasteiger partial charge on any atom is -0.507 e. The fourth-order valence-corrected chi connectivity index (χ4v) is 3.42. The van der Waals surface area contributed by atoms with Gasteiger partial charge in [0.25, 0.3) is 11.8 Å². The molecule has 176 valence electrons.